The summed E-state index contributed by atoms with van der Waals surface area (Å²) in [6, 6.07) is -1.04. The van der Waals surface area contributed by atoms with E-state index in [0.29, 0.717) is 19.3 Å². The predicted molar refractivity (Wildman–Crippen MR) is 74.4 cm³/mol. The van der Waals surface area contributed by atoms with Gasteiger partial charge in [0.25, 0.3) is 10.2 Å². The van der Waals surface area contributed by atoms with Crippen molar-refractivity contribution in [3.8, 4) is 0 Å². The smallest absolute Gasteiger partial charge is 0.322 e. The van der Waals surface area contributed by atoms with E-state index in [-0.39, 0.29) is 6.54 Å². The van der Waals surface area contributed by atoms with E-state index in [4.69, 9.17) is 5.11 Å². The van der Waals surface area contributed by atoms with Gasteiger partial charge in [0.2, 0.25) is 0 Å². The largest absolute Gasteiger partial charge is 0.480 e. The molecule has 1 saturated heterocycles. The number of carboxylic acid groups (broad SMARTS) is 1. The number of piperidine rings is 1. The van der Waals surface area contributed by atoms with E-state index in [2.05, 4.69) is 4.72 Å². The van der Waals surface area contributed by atoms with E-state index in [1.807, 2.05) is 0 Å². The molecular formula is C12H24N2O5S. The number of carbonyl (C=O) groups is 1. The molecular weight excluding hydrogens is 284 g/mol. The summed E-state index contributed by atoms with van der Waals surface area (Å²) in [6.45, 7) is 6.30. The van der Waals surface area contributed by atoms with Crippen LogP contribution in [0, 0.1) is 0 Å². The summed E-state index contributed by atoms with van der Waals surface area (Å²) in [5.41, 5.74) is -2.40. The monoisotopic (exact) mass is 308 g/mol. The molecule has 0 aromatic heterocycles. The van der Waals surface area contributed by atoms with Gasteiger partial charge in [-0.3, -0.25) is 4.79 Å². The third kappa shape index (κ3) is 3.69. The van der Waals surface area contributed by atoms with E-state index < -0.39 is 33.4 Å². The lowest BCUT2D eigenvalue weighted by Crippen LogP contribution is -2.62. The Hall–Kier alpha value is -0.700. The van der Waals surface area contributed by atoms with Gasteiger partial charge in [0.15, 0.2) is 0 Å². The zero-order valence-corrected chi connectivity index (χ0v) is 13.2. The molecule has 0 bridgehead atoms. The minimum atomic E-state index is -3.98. The minimum Gasteiger partial charge on any atom is -0.480 e. The molecule has 0 spiro atoms. The molecule has 0 radical (unpaired) electrons. The molecule has 0 aliphatic carbocycles. The van der Waals surface area contributed by atoms with Gasteiger partial charge in [0, 0.05) is 6.54 Å². The summed E-state index contributed by atoms with van der Waals surface area (Å²) in [6.07, 6.45) is 1.63. The van der Waals surface area contributed by atoms with Crippen LogP contribution in [-0.2, 0) is 15.0 Å². The van der Waals surface area contributed by atoms with Gasteiger partial charge in [-0.1, -0.05) is 0 Å². The summed E-state index contributed by atoms with van der Waals surface area (Å²) in [5.74, 6) is -1.14. The fraction of sp³-hybridized carbons (Fsp3) is 0.917. The third-order valence-corrected chi connectivity index (χ3v) is 5.78. The molecule has 0 saturated carbocycles. The van der Waals surface area contributed by atoms with E-state index in [1.54, 1.807) is 13.8 Å². The Morgan fingerprint density at radius 1 is 1.25 bits per heavy atom. The molecule has 3 N–H and O–H groups in total. The second kappa shape index (κ2) is 5.59. The van der Waals surface area contributed by atoms with Crippen molar-refractivity contribution in [1.82, 2.24) is 9.03 Å². The Labute approximate surface area is 120 Å². The van der Waals surface area contributed by atoms with Crippen LogP contribution in [0.25, 0.3) is 0 Å². The lowest BCUT2D eigenvalue weighted by atomic mass is 9.87. The molecule has 118 valence electrons. The van der Waals surface area contributed by atoms with Crippen LogP contribution < -0.4 is 4.72 Å². The number of nitrogens with one attached hydrogen (secondary N) is 1. The zero-order chi connectivity index (χ0) is 15.8. The second-order valence-corrected chi connectivity index (χ2v) is 7.87. The van der Waals surface area contributed by atoms with Gasteiger partial charge < -0.3 is 10.2 Å². The summed E-state index contributed by atoms with van der Waals surface area (Å²) in [4.78, 5) is 11.2. The SMILES string of the molecule is CC(C)(O)C(C)(C)NS(=O)(=O)N1CCCCC1C(=O)O. The molecule has 1 aliphatic rings. The molecule has 8 heteroatoms. The molecule has 1 fully saturated rings. The molecule has 0 aromatic rings. The Balaban J connectivity index is 3.01. The maximum absolute atomic E-state index is 12.4. The van der Waals surface area contributed by atoms with Crippen LogP contribution in [0.4, 0.5) is 0 Å². The number of carboxylic acids is 1. The molecule has 0 amide bonds. The predicted octanol–water partition coefficient (Wildman–Crippen LogP) is 0.309. The van der Waals surface area contributed by atoms with E-state index in [1.165, 1.54) is 13.8 Å². The standard InChI is InChI=1S/C12H24N2O5S/c1-11(2,12(3,4)17)13-20(18,19)14-8-6-5-7-9(14)10(15)16/h9,13,17H,5-8H2,1-4H3,(H,15,16). The van der Waals surface area contributed by atoms with Crippen molar-refractivity contribution in [3.63, 3.8) is 0 Å². The highest BCUT2D eigenvalue weighted by atomic mass is 32.2. The van der Waals surface area contributed by atoms with Gasteiger partial charge in [-0.05, 0) is 47.0 Å². The highest BCUT2D eigenvalue weighted by Crippen LogP contribution is 2.25. The minimum absolute atomic E-state index is 0.175. The van der Waals surface area contributed by atoms with Gasteiger partial charge in [0.1, 0.15) is 6.04 Å². The fourth-order valence-corrected chi connectivity index (χ4v) is 3.86. The Morgan fingerprint density at radius 3 is 2.25 bits per heavy atom. The highest BCUT2D eigenvalue weighted by molar-refractivity contribution is 7.87. The fourth-order valence-electron chi connectivity index (χ4n) is 1.95. The van der Waals surface area contributed by atoms with Crippen LogP contribution in [0.5, 0.6) is 0 Å². The average molecular weight is 308 g/mol. The topological polar surface area (TPSA) is 107 Å². The van der Waals surface area contributed by atoms with Crippen molar-refractivity contribution in [1.29, 1.82) is 0 Å². The van der Waals surface area contributed by atoms with Gasteiger partial charge in [-0.2, -0.15) is 17.4 Å². The van der Waals surface area contributed by atoms with Crippen LogP contribution in [-0.4, -0.2) is 52.6 Å². The molecule has 1 unspecified atom stereocenters. The van der Waals surface area contributed by atoms with Crippen LogP contribution >= 0.6 is 0 Å². The van der Waals surface area contributed by atoms with E-state index >= 15 is 0 Å². The Kier molecular flexibility index (Phi) is 4.85. The number of nitrogens with zero attached hydrogens (tertiary/aromatic N) is 1. The number of aliphatic hydroxyl groups is 1. The van der Waals surface area contributed by atoms with Gasteiger partial charge in [-0.25, -0.2) is 0 Å². The lowest BCUT2D eigenvalue weighted by Gasteiger charge is -2.40. The van der Waals surface area contributed by atoms with Crippen LogP contribution in [0.2, 0.25) is 0 Å². The average Bonchev–Trinajstić information content (AvgIpc) is 2.26. The Morgan fingerprint density at radius 2 is 1.80 bits per heavy atom. The maximum Gasteiger partial charge on any atom is 0.322 e. The maximum atomic E-state index is 12.4. The van der Waals surface area contributed by atoms with Crippen molar-refractivity contribution in [2.45, 2.75) is 64.1 Å². The first-order valence-electron chi connectivity index (χ1n) is 6.64. The summed E-state index contributed by atoms with van der Waals surface area (Å²) in [7, 11) is -3.98. The van der Waals surface area contributed by atoms with Gasteiger partial charge in [-0.15, -0.1) is 0 Å². The van der Waals surface area contributed by atoms with Crippen LogP contribution in [0.1, 0.15) is 47.0 Å². The molecule has 7 nitrogen and oxygen atoms in total. The Bertz CT molecular complexity index is 467. The van der Waals surface area contributed by atoms with Gasteiger partial charge >= 0.3 is 5.97 Å². The number of aliphatic carboxylic acids is 1. The molecule has 1 atom stereocenters. The summed E-state index contributed by atoms with van der Waals surface area (Å²) >= 11 is 0. The van der Waals surface area contributed by atoms with E-state index in [9.17, 15) is 18.3 Å². The first-order valence-corrected chi connectivity index (χ1v) is 8.08. The molecule has 1 aliphatic heterocycles. The quantitative estimate of drug-likeness (QED) is 0.677. The first-order chi connectivity index (χ1) is 8.88. The first kappa shape index (κ1) is 17.4. The number of rotatable bonds is 5. The number of hydrogen-bond donors (Lipinski definition) is 3. The molecule has 0 aromatic carbocycles. The van der Waals surface area contributed by atoms with Crippen molar-refractivity contribution in [2.75, 3.05) is 6.54 Å². The summed E-state index contributed by atoms with van der Waals surface area (Å²) < 4.78 is 28.2. The molecule has 1 heterocycles. The normalized spacial score (nSPS) is 22.8. The van der Waals surface area contributed by atoms with E-state index in [0.717, 1.165) is 4.31 Å². The van der Waals surface area contributed by atoms with Crippen molar-refractivity contribution >= 4 is 16.2 Å². The van der Waals surface area contributed by atoms with Crippen molar-refractivity contribution < 1.29 is 23.4 Å². The summed E-state index contributed by atoms with van der Waals surface area (Å²) in [5, 5.41) is 19.2. The van der Waals surface area contributed by atoms with Gasteiger partial charge in [0.05, 0.1) is 11.1 Å². The zero-order valence-electron chi connectivity index (χ0n) is 12.4. The number of hydrogen-bond acceptors (Lipinski definition) is 4. The second-order valence-electron chi connectivity index (χ2n) is 6.25. The highest BCUT2D eigenvalue weighted by Gasteiger charge is 2.43. The van der Waals surface area contributed by atoms with Crippen molar-refractivity contribution in [2.24, 2.45) is 0 Å². The molecule has 20 heavy (non-hydrogen) atoms. The lowest BCUT2D eigenvalue weighted by molar-refractivity contribution is -0.142. The van der Waals surface area contributed by atoms with Crippen LogP contribution in [0.3, 0.4) is 0 Å². The third-order valence-electron chi connectivity index (χ3n) is 3.96. The van der Waals surface area contributed by atoms with Crippen molar-refractivity contribution in [3.05, 3.63) is 0 Å². The molecule has 1 rings (SSSR count). The van der Waals surface area contributed by atoms with Crippen LogP contribution in [0.15, 0.2) is 0 Å².